The van der Waals surface area contributed by atoms with Crippen molar-refractivity contribution < 1.29 is 4.79 Å². The Bertz CT molecular complexity index is 483. The topological polar surface area (TPSA) is 17.1 Å². The maximum Gasteiger partial charge on any atom is 0.124 e. The van der Waals surface area contributed by atoms with E-state index in [0.717, 1.165) is 11.8 Å². The van der Waals surface area contributed by atoms with E-state index in [-0.39, 0.29) is 0 Å². The average Bonchev–Trinajstić information content (AvgIpc) is 2.31. The second kappa shape index (κ2) is 4.75. The Morgan fingerprint density at radius 3 is 2.31 bits per heavy atom. The van der Waals surface area contributed by atoms with Crippen LogP contribution in [0.5, 0.6) is 0 Å². The summed E-state index contributed by atoms with van der Waals surface area (Å²) in [7, 11) is 0. The molecule has 0 unspecified atom stereocenters. The average molecular weight is 210 g/mol. The van der Waals surface area contributed by atoms with Gasteiger partial charge in [0.15, 0.2) is 0 Å². The van der Waals surface area contributed by atoms with Crippen LogP contribution in [0.4, 0.5) is 0 Å². The first-order chi connectivity index (χ1) is 7.81. The minimum atomic E-state index is 0.494. The lowest BCUT2D eigenvalue weighted by Crippen LogP contribution is -1.86. The van der Waals surface area contributed by atoms with E-state index in [4.69, 9.17) is 0 Å². The molecule has 16 heavy (non-hydrogen) atoms. The Morgan fingerprint density at radius 1 is 1.00 bits per heavy atom. The molecule has 0 saturated heterocycles. The number of aryl methyl sites for hydroxylation is 1. The molecule has 0 N–H and O–H groups in total. The summed E-state index contributed by atoms with van der Waals surface area (Å²) in [6.45, 7) is 2.11. The van der Waals surface area contributed by atoms with Crippen LogP contribution in [0.3, 0.4) is 0 Å². The van der Waals surface area contributed by atoms with Gasteiger partial charge in [-0.25, -0.2) is 0 Å². The Morgan fingerprint density at radius 2 is 1.69 bits per heavy atom. The number of rotatable bonds is 3. The summed E-state index contributed by atoms with van der Waals surface area (Å²) >= 11 is 0. The predicted octanol–water partition coefficient (Wildman–Crippen LogP) is 3.40. The largest absolute Gasteiger partial charge is 0.303 e. The van der Waals surface area contributed by atoms with Crippen molar-refractivity contribution in [1.82, 2.24) is 0 Å². The van der Waals surface area contributed by atoms with E-state index < -0.39 is 0 Å². The molecule has 2 rings (SSSR count). The number of hydrogen-bond acceptors (Lipinski definition) is 1. The molecule has 0 heterocycles. The first-order valence-electron chi connectivity index (χ1n) is 5.40. The number of benzene rings is 2. The zero-order chi connectivity index (χ0) is 11.4. The molecule has 0 aliphatic heterocycles. The molecule has 1 heteroatoms. The van der Waals surface area contributed by atoms with Gasteiger partial charge in [-0.2, -0.15) is 0 Å². The van der Waals surface area contributed by atoms with Crippen LogP contribution in [-0.2, 0) is 11.2 Å². The van der Waals surface area contributed by atoms with E-state index in [1.54, 1.807) is 0 Å². The molecule has 0 aromatic heterocycles. The van der Waals surface area contributed by atoms with Crippen molar-refractivity contribution in [3.8, 4) is 11.1 Å². The Labute approximate surface area is 95.7 Å². The summed E-state index contributed by atoms with van der Waals surface area (Å²) < 4.78 is 0. The van der Waals surface area contributed by atoms with Gasteiger partial charge in [0, 0.05) is 6.42 Å². The summed E-state index contributed by atoms with van der Waals surface area (Å²) in [6.07, 6.45) is 1.43. The number of aldehydes is 1. The molecule has 0 aliphatic rings. The second-order valence-electron chi connectivity index (χ2n) is 3.88. The van der Waals surface area contributed by atoms with Crippen LogP contribution in [0.15, 0.2) is 48.5 Å². The highest BCUT2D eigenvalue weighted by molar-refractivity contribution is 5.67. The van der Waals surface area contributed by atoms with Gasteiger partial charge in [0.2, 0.25) is 0 Å². The number of hydrogen-bond donors (Lipinski definition) is 0. The monoisotopic (exact) mass is 210 g/mol. The van der Waals surface area contributed by atoms with Crippen molar-refractivity contribution in [3.63, 3.8) is 0 Å². The first-order valence-corrected chi connectivity index (χ1v) is 5.40. The molecule has 0 aliphatic carbocycles. The maximum atomic E-state index is 10.4. The third-order valence-electron chi connectivity index (χ3n) is 2.73. The molecule has 2 aromatic rings. The molecular formula is C15H14O. The van der Waals surface area contributed by atoms with E-state index in [0.29, 0.717) is 6.42 Å². The maximum absolute atomic E-state index is 10.4. The van der Waals surface area contributed by atoms with E-state index in [9.17, 15) is 4.79 Å². The molecule has 0 radical (unpaired) electrons. The van der Waals surface area contributed by atoms with Crippen LogP contribution in [0, 0.1) is 6.92 Å². The van der Waals surface area contributed by atoms with Gasteiger partial charge in [0.1, 0.15) is 6.29 Å². The zero-order valence-electron chi connectivity index (χ0n) is 9.31. The lowest BCUT2D eigenvalue weighted by atomic mass is 9.99. The lowest BCUT2D eigenvalue weighted by Gasteiger charge is -2.06. The Hall–Kier alpha value is -1.89. The normalized spacial score (nSPS) is 10.1. The Kier molecular flexibility index (Phi) is 3.16. The minimum Gasteiger partial charge on any atom is -0.303 e. The van der Waals surface area contributed by atoms with Crippen LogP contribution in [0.2, 0.25) is 0 Å². The highest BCUT2D eigenvalue weighted by Crippen LogP contribution is 2.23. The SMILES string of the molecule is Cc1ccccc1-c1ccc(CC=O)cc1. The molecule has 0 atom stereocenters. The van der Waals surface area contributed by atoms with E-state index in [1.165, 1.54) is 16.7 Å². The predicted molar refractivity (Wildman–Crippen MR) is 66.4 cm³/mol. The fraction of sp³-hybridized carbons (Fsp3) is 0.133. The minimum absolute atomic E-state index is 0.494. The molecule has 1 nitrogen and oxygen atoms in total. The summed E-state index contributed by atoms with van der Waals surface area (Å²) in [5.41, 5.74) is 4.78. The molecule has 0 fully saturated rings. The molecule has 80 valence electrons. The molecule has 0 spiro atoms. The second-order valence-corrected chi connectivity index (χ2v) is 3.88. The Balaban J connectivity index is 2.35. The van der Waals surface area contributed by atoms with Gasteiger partial charge >= 0.3 is 0 Å². The van der Waals surface area contributed by atoms with E-state index in [1.807, 2.05) is 24.3 Å². The zero-order valence-corrected chi connectivity index (χ0v) is 9.31. The molecule has 0 amide bonds. The van der Waals surface area contributed by atoms with Crippen molar-refractivity contribution in [2.45, 2.75) is 13.3 Å². The van der Waals surface area contributed by atoms with Gasteiger partial charge in [-0.3, -0.25) is 0 Å². The standard InChI is InChI=1S/C15H14O/c1-12-4-2-3-5-15(12)14-8-6-13(7-9-14)10-11-16/h2-9,11H,10H2,1H3. The van der Waals surface area contributed by atoms with Crippen molar-refractivity contribution in [3.05, 3.63) is 59.7 Å². The molecule has 2 aromatic carbocycles. The van der Waals surface area contributed by atoms with Crippen LogP contribution < -0.4 is 0 Å². The molecule has 0 saturated carbocycles. The van der Waals surface area contributed by atoms with Crippen LogP contribution >= 0.6 is 0 Å². The van der Waals surface area contributed by atoms with E-state index in [2.05, 4.69) is 31.2 Å². The van der Waals surface area contributed by atoms with Crippen molar-refractivity contribution in [2.75, 3.05) is 0 Å². The van der Waals surface area contributed by atoms with Gasteiger partial charge in [0.05, 0.1) is 0 Å². The third kappa shape index (κ3) is 2.19. The van der Waals surface area contributed by atoms with Gasteiger partial charge in [-0.15, -0.1) is 0 Å². The molecular weight excluding hydrogens is 196 g/mol. The smallest absolute Gasteiger partial charge is 0.124 e. The van der Waals surface area contributed by atoms with Gasteiger partial charge in [-0.05, 0) is 29.2 Å². The highest BCUT2D eigenvalue weighted by atomic mass is 16.1. The van der Waals surface area contributed by atoms with E-state index >= 15 is 0 Å². The summed E-state index contributed by atoms with van der Waals surface area (Å²) in [5, 5.41) is 0. The van der Waals surface area contributed by atoms with Crippen molar-refractivity contribution in [1.29, 1.82) is 0 Å². The number of carbonyl (C=O) groups is 1. The summed E-state index contributed by atoms with van der Waals surface area (Å²) in [5.74, 6) is 0. The van der Waals surface area contributed by atoms with Crippen molar-refractivity contribution >= 4 is 6.29 Å². The van der Waals surface area contributed by atoms with Gasteiger partial charge in [0.25, 0.3) is 0 Å². The lowest BCUT2D eigenvalue weighted by molar-refractivity contribution is -0.107. The van der Waals surface area contributed by atoms with Crippen LogP contribution in [0.25, 0.3) is 11.1 Å². The van der Waals surface area contributed by atoms with Crippen LogP contribution in [-0.4, -0.2) is 6.29 Å². The van der Waals surface area contributed by atoms with Crippen molar-refractivity contribution in [2.24, 2.45) is 0 Å². The summed E-state index contributed by atoms with van der Waals surface area (Å²) in [4.78, 5) is 10.4. The summed E-state index contributed by atoms with van der Waals surface area (Å²) in [6, 6.07) is 16.5. The highest BCUT2D eigenvalue weighted by Gasteiger charge is 2.00. The number of carbonyl (C=O) groups excluding carboxylic acids is 1. The van der Waals surface area contributed by atoms with Crippen LogP contribution in [0.1, 0.15) is 11.1 Å². The van der Waals surface area contributed by atoms with Gasteiger partial charge < -0.3 is 4.79 Å². The fourth-order valence-corrected chi connectivity index (χ4v) is 1.81. The molecule has 0 bridgehead atoms. The fourth-order valence-electron chi connectivity index (χ4n) is 1.81. The third-order valence-corrected chi connectivity index (χ3v) is 2.73. The van der Waals surface area contributed by atoms with Gasteiger partial charge in [-0.1, -0.05) is 48.5 Å². The first kappa shape index (κ1) is 10.6. The quantitative estimate of drug-likeness (QED) is 0.709.